The fraction of sp³-hybridized carbons (Fsp3) is 0.500. The molecule has 0 atom stereocenters. The summed E-state index contributed by atoms with van der Waals surface area (Å²) in [4.78, 5) is 18.0. The van der Waals surface area contributed by atoms with Crippen molar-refractivity contribution in [2.45, 2.75) is 39.3 Å². The highest BCUT2D eigenvalue weighted by Gasteiger charge is 2.28. The van der Waals surface area contributed by atoms with Gasteiger partial charge < -0.3 is 4.74 Å². The van der Waals surface area contributed by atoms with E-state index in [4.69, 9.17) is 4.74 Å². The zero-order chi connectivity index (χ0) is 13.3. The van der Waals surface area contributed by atoms with Gasteiger partial charge in [0, 0.05) is 12.1 Å². The van der Waals surface area contributed by atoms with Crippen LogP contribution in [0.25, 0.3) is 0 Å². The third-order valence-corrected chi connectivity index (χ3v) is 3.63. The average molecular weight is 331 g/mol. The van der Waals surface area contributed by atoms with Crippen LogP contribution in [0, 0.1) is 0 Å². The quantitative estimate of drug-likeness (QED) is 0.843. The molecule has 0 saturated carbocycles. The van der Waals surface area contributed by atoms with Gasteiger partial charge in [-0.2, -0.15) is 0 Å². The SMILES string of the molecule is CC(C)(C)OC(=O)N(Cc1ncc(Br)s1)C1=CC1. The first kappa shape index (κ1) is 13.5. The van der Waals surface area contributed by atoms with Gasteiger partial charge in [0.25, 0.3) is 0 Å². The molecule has 0 unspecified atom stereocenters. The molecule has 1 amide bonds. The standard InChI is InChI=1S/C12H15BrN2O2S/c1-12(2,3)17-11(16)15(8-4-5-8)7-10-14-6-9(13)18-10/h4,6H,5,7H2,1-3H3. The van der Waals surface area contributed by atoms with Gasteiger partial charge in [-0.3, -0.25) is 4.90 Å². The molecule has 0 aliphatic heterocycles. The van der Waals surface area contributed by atoms with Crippen LogP contribution in [0.1, 0.15) is 32.2 Å². The molecule has 0 saturated heterocycles. The van der Waals surface area contributed by atoms with Gasteiger partial charge in [0.05, 0.1) is 16.5 Å². The normalized spacial score (nSPS) is 14.1. The van der Waals surface area contributed by atoms with Crippen molar-refractivity contribution in [1.82, 2.24) is 9.88 Å². The van der Waals surface area contributed by atoms with Gasteiger partial charge in [0.2, 0.25) is 0 Å². The Labute approximate surface area is 119 Å². The Morgan fingerprint density at radius 2 is 2.28 bits per heavy atom. The van der Waals surface area contributed by atoms with E-state index < -0.39 is 5.60 Å². The third-order valence-electron chi connectivity index (χ3n) is 2.17. The lowest BCUT2D eigenvalue weighted by Gasteiger charge is -2.25. The molecule has 0 spiro atoms. The number of carbonyl (C=O) groups excluding carboxylic acids is 1. The lowest BCUT2D eigenvalue weighted by Crippen LogP contribution is -2.34. The van der Waals surface area contributed by atoms with E-state index in [9.17, 15) is 4.79 Å². The molecule has 0 N–H and O–H groups in total. The van der Waals surface area contributed by atoms with Gasteiger partial charge in [-0.25, -0.2) is 9.78 Å². The second kappa shape index (κ2) is 5.01. The fourth-order valence-electron chi connectivity index (χ4n) is 1.36. The lowest BCUT2D eigenvalue weighted by molar-refractivity contribution is 0.0309. The number of carbonyl (C=O) groups is 1. The lowest BCUT2D eigenvalue weighted by atomic mass is 10.2. The minimum absolute atomic E-state index is 0.308. The van der Waals surface area contributed by atoms with E-state index in [0.29, 0.717) is 6.54 Å². The van der Waals surface area contributed by atoms with Gasteiger partial charge >= 0.3 is 6.09 Å². The summed E-state index contributed by atoms with van der Waals surface area (Å²) in [5.41, 5.74) is 0.532. The molecule has 0 radical (unpaired) electrons. The summed E-state index contributed by atoms with van der Waals surface area (Å²) < 4.78 is 6.36. The smallest absolute Gasteiger partial charge is 0.414 e. The van der Waals surface area contributed by atoms with Gasteiger partial charge in [0.1, 0.15) is 10.6 Å². The van der Waals surface area contributed by atoms with E-state index in [0.717, 1.165) is 20.9 Å². The second-order valence-electron chi connectivity index (χ2n) is 5.02. The molecular formula is C12H15BrN2O2S. The number of nitrogens with zero attached hydrogens (tertiary/aromatic N) is 2. The molecule has 1 aromatic rings. The summed E-state index contributed by atoms with van der Waals surface area (Å²) in [6.45, 7) is 6.07. The number of rotatable bonds is 3. The number of ether oxygens (including phenoxy) is 1. The van der Waals surface area contributed by atoms with Crippen molar-refractivity contribution in [2.24, 2.45) is 0 Å². The highest BCUT2D eigenvalue weighted by Crippen LogP contribution is 2.29. The summed E-state index contributed by atoms with van der Waals surface area (Å²) in [5.74, 6) is 0. The monoisotopic (exact) mass is 330 g/mol. The number of aromatic nitrogens is 1. The van der Waals surface area contributed by atoms with Crippen LogP contribution in [0.2, 0.25) is 0 Å². The number of thiazole rings is 1. The summed E-state index contributed by atoms with van der Waals surface area (Å²) >= 11 is 4.89. The molecule has 1 aromatic heterocycles. The molecular weight excluding hydrogens is 316 g/mol. The first-order valence-electron chi connectivity index (χ1n) is 5.65. The molecule has 18 heavy (non-hydrogen) atoms. The summed E-state index contributed by atoms with van der Waals surface area (Å²) in [7, 11) is 0. The van der Waals surface area contributed by atoms with Gasteiger partial charge in [-0.1, -0.05) is 6.08 Å². The maximum atomic E-state index is 12.1. The minimum Gasteiger partial charge on any atom is -0.443 e. The van der Waals surface area contributed by atoms with Crippen molar-refractivity contribution in [1.29, 1.82) is 0 Å². The van der Waals surface area contributed by atoms with Crippen LogP contribution in [-0.2, 0) is 11.3 Å². The third kappa shape index (κ3) is 3.81. The molecule has 4 nitrogen and oxygen atoms in total. The van der Waals surface area contributed by atoms with Crippen molar-refractivity contribution >= 4 is 33.4 Å². The van der Waals surface area contributed by atoms with Crippen LogP contribution in [0.3, 0.4) is 0 Å². The topological polar surface area (TPSA) is 42.4 Å². The Balaban J connectivity index is 2.05. The summed E-state index contributed by atoms with van der Waals surface area (Å²) in [6, 6.07) is 0. The average Bonchev–Trinajstić information content (AvgIpc) is 2.97. The maximum absolute atomic E-state index is 12.1. The van der Waals surface area contributed by atoms with E-state index in [1.165, 1.54) is 11.3 Å². The fourth-order valence-corrected chi connectivity index (χ4v) is 2.66. The second-order valence-corrected chi connectivity index (χ2v) is 7.52. The van der Waals surface area contributed by atoms with Crippen LogP contribution < -0.4 is 0 Å². The number of halogens is 1. The Morgan fingerprint density at radius 1 is 1.61 bits per heavy atom. The van der Waals surface area contributed by atoms with Crippen molar-refractivity contribution in [3.63, 3.8) is 0 Å². The molecule has 2 rings (SSSR count). The molecule has 0 aromatic carbocycles. The highest BCUT2D eigenvalue weighted by molar-refractivity contribution is 9.11. The predicted molar refractivity (Wildman–Crippen MR) is 74.3 cm³/mol. The van der Waals surface area contributed by atoms with Crippen LogP contribution in [0.4, 0.5) is 4.79 Å². The van der Waals surface area contributed by atoms with Gasteiger partial charge in [0.15, 0.2) is 0 Å². The molecule has 1 heterocycles. The van der Waals surface area contributed by atoms with Crippen molar-refractivity contribution in [2.75, 3.05) is 0 Å². The van der Waals surface area contributed by atoms with Gasteiger partial charge in [-0.15, -0.1) is 11.3 Å². The Kier molecular flexibility index (Phi) is 3.77. The first-order chi connectivity index (χ1) is 8.35. The Hall–Kier alpha value is -0.880. The zero-order valence-electron chi connectivity index (χ0n) is 10.6. The Bertz CT molecular complexity index is 491. The summed E-state index contributed by atoms with van der Waals surface area (Å²) in [5, 5.41) is 0.889. The molecule has 1 aliphatic rings. The van der Waals surface area contributed by atoms with Crippen LogP contribution >= 0.6 is 27.3 Å². The van der Waals surface area contributed by atoms with E-state index in [-0.39, 0.29) is 6.09 Å². The predicted octanol–water partition coefficient (Wildman–Crippen LogP) is 3.93. The van der Waals surface area contributed by atoms with Crippen LogP contribution in [0.15, 0.2) is 21.8 Å². The number of hydrogen-bond acceptors (Lipinski definition) is 4. The minimum atomic E-state index is -0.478. The van der Waals surface area contributed by atoms with Crippen molar-refractivity contribution < 1.29 is 9.53 Å². The largest absolute Gasteiger partial charge is 0.443 e. The van der Waals surface area contributed by atoms with Crippen LogP contribution in [0.5, 0.6) is 0 Å². The van der Waals surface area contributed by atoms with Crippen molar-refractivity contribution in [3.05, 3.63) is 26.8 Å². The van der Waals surface area contributed by atoms with E-state index in [1.807, 2.05) is 26.8 Å². The van der Waals surface area contributed by atoms with Crippen LogP contribution in [-0.4, -0.2) is 21.6 Å². The molecule has 98 valence electrons. The highest BCUT2D eigenvalue weighted by atomic mass is 79.9. The van der Waals surface area contributed by atoms with Gasteiger partial charge in [-0.05, 0) is 36.7 Å². The molecule has 0 fully saturated rings. The summed E-state index contributed by atoms with van der Waals surface area (Å²) in [6.07, 6.45) is 4.30. The first-order valence-corrected chi connectivity index (χ1v) is 7.26. The van der Waals surface area contributed by atoms with E-state index in [1.54, 1.807) is 11.1 Å². The van der Waals surface area contributed by atoms with E-state index >= 15 is 0 Å². The number of allylic oxidation sites excluding steroid dienone is 2. The molecule has 1 aliphatic carbocycles. The van der Waals surface area contributed by atoms with E-state index in [2.05, 4.69) is 20.9 Å². The van der Waals surface area contributed by atoms with Crippen molar-refractivity contribution in [3.8, 4) is 0 Å². The maximum Gasteiger partial charge on any atom is 0.414 e. The Morgan fingerprint density at radius 3 is 2.72 bits per heavy atom. The molecule has 6 heteroatoms. The zero-order valence-corrected chi connectivity index (χ0v) is 13.0. The molecule has 0 bridgehead atoms. The number of hydrogen-bond donors (Lipinski definition) is 0. The number of amides is 1.